The summed E-state index contributed by atoms with van der Waals surface area (Å²) in [5.74, 6) is 0. The van der Waals surface area contributed by atoms with Crippen molar-refractivity contribution in [2.24, 2.45) is 10.6 Å². The van der Waals surface area contributed by atoms with Crippen LogP contribution in [-0.2, 0) is 10.0 Å². The van der Waals surface area contributed by atoms with Crippen molar-refractivity contribution < 1.29 is 8.42 Å². The van der Waals surface area contributed by atoms with Crippen molar-refractivity contribution in [3.8, 4) is 6.07 Å². The van der Waals surface area contributed by atoms with Gasteiger partial charge in [0.15, 0.2) is 0 Å². The Balaban J connectivity index is 2.20. The lowest BCUT2D eigenvalue weighted by Crippen LogP contribution is -2.16. The number of nitriles is 1. The second kappa shape index (κ2) is 4.83. The molecule has 0 bridgehead atoms. The number of nitrogens with two attached hydrogens (primary N) is 1. The Morgan fingerprint density at radius 2 is 2.16 bits per heavy atom. The molecule has 102 valence electrons. The Morgan fingerprint density at radius 3 is 2.63 bits per heavy atom. The van der Waals surface area contributed by atoms with Crippen LogP contribution in [0.3, 0.4) is 0 Å². The summed E-state index contributed by atoms with van der Waals surface area (Å²) in [5, 5.41) is 17.4. The molecule has 2 rings (SSSR count). The van der Waals surface area contributed by atoms with Gasteiger partial charge in [-0.25, -0.2) is 13.6 Å². The van der Waals surface area contributed by atoms with E-state index >= 15 is 0 Å². The molecule has 0 heterocycles. The molecule has 6 heteroatoms. The van der Waals surface area contributed by atoms with Crippen LogP contribution in [0.15, 0.2) is 23.1 Å². The first kappa shape index (κ1) is 13.8. The molecule has 0 amide bonds. The average Bonchev–Trinajstić information content (AvgIpc) is 3.15. The van der Waals surface area contributed by atoms with Gasteiger partial charge in [0, 0.05) is 6.54 Å². The Labute approximate surface area is 113 Å². The van der Waals surface area contributed by atoms with Crippen LogP contribution in [0, 0.1) is 16.7 Å². The minimum Gasteiger partial charge on any atom is -0.383 e. The maximum atomic E-state index is 11.2. The number of hydrogen-bond donors (Lipinski definition) is 2. The second-order valence-corrected chi connectivity index (χ2v) is 6.63. The Kier molecular flexibility index (Phi) is 3.52. The summed E-state index contributed by atoms with van der Waals surface area (Å²) in [4.78, 5) is -0.0359. The van der Waals surface area contributed by atoms with Gasteiger partial charge in [-0.3, -0.25) is 0 Å². The summed E-state index contributed by atoms with van der Waals surface area (Å²) < 4.78 is 22.5. The van der Waals surface area contributed by atoms with Gasteiger partial charge in [0.25, 0.3) is 0 Å². The number of sulfonamides is 1. The van der Waals surface area contributed by atoms with Crippen LogP contribution in [0.4, 0.5) is 5.69 Å². The maximum Gasteiger partial charge on any atom is 0.238 e. The SMILES string of the molecule is CCC1(CNc2ccc(S(N)(=O)=O)cc2C#N)CC1. The minimum atomic E-state index is -3.77. The highest BCUT2D eigenvalue weighted by Gasteiger charge is 2.40. The Bertz CT molecular complexity index is 628. The molecule has 0 unspecified atom stereocenters. The van der Waals surface area contributed by atoms with Crippen molar-refractivity contribution >= 4 is 15.7 Å². The number of anilines is 1. The largest absolute Gasteiger partial charge is 0.383 e. The lowest BCUT2D eigenvalue weighted by molar-refractivity contribution is 0.521. The van der Waals surface area contributed by atoms with Gasteiger partial charge >= 0.3 is 0 Å². The van der Waals surface area contributed by atoms with Gasteiger partial charge in [0.2, 0.25) is 10.0 Å². The molecule has 0 saturated heterocycles. The number of rotatable bonds is 5. The molecule has 0 aromatic heterocycles. The van der Waals surface area contributed by atoms with Crippen molar-refractivity contribution in [3.05, 3.63) is 23.8 Å². The van der Waals surface area contributed by atoms with Crippen molar-refractivity contribution in [1.82, 2.24) is 0 Å². The van der Waals surface area contributed by atoms with Gasteiger partial charge in [0.05, 0.1) is 16.1 Å². The first-order valence-corrected chi connectivity index (χ1v) is 7.76. The first-order chi connectivity index (χ1) is 8.90. The quantitative estimate of drug-likeness (QED) is 0.859. The molecular formula is C13H17N3O2S. The van der Waals surface area contributed by atoms with Crippen LogP contribution in [-0.4, -0.2) is 15.0 Å². The van der Waals surface area contributed by atoms with Gasteiger partial charge < -0.3 is 5.32 Å². The predicted octanol–water partition coefficient (Wildman–Crippen LogP) is 1.81. The van der Waals surface area contributed by atoms with Crippen LogP contribution in [0.5, 0.6) is 0 Å². The number of nitrogens with one attached hydrogen (secondary N) is 1. The van der Waals surface area contributed by atoms with Gasteiger partial charge in [0.1, 0.15) is 6.07 Å². The molecule has 0 spiro atoms. The van der Waals surface area contributed by atoms with Crippen LogP contribution in [0.1, 0.15) is 31.7 Å². The molecule has 1 fully saturated rings. The van der Waals surface area contributed by atoms with E-state index in [2.05, 4.69) is 12.2 Å². The average molecular weight is 279 g/mol. The van der Waals surface area contributed by atoms with Crippen LogP contribution < -0.4 is 10.5 Å². The molecule has 3 N–H and O–H groups in total. The molecule has 1 aromatic rings. The molecule has 19 heavy (non-hydrogen) atoms. The molecule has 1 aliphatic carbocycles. The molecular weight excluding hydrogens is 262 g/mol. The molecule has 1 aliphatic rings. The van der Waals surface area contributed by atoms with Crippen molar-refractivity contribution in [3.63, 3.8) is 0 Å². The fraction of sp³-hybridized carbons (Fsp3) is 0.462. The third kappa shape index (κ3) is 3.06. The van der Waals surface area contributed by atoms with E-state index in [4.69, 9.17) is 10.4 Å². The normalized spacial score (nSPS) is 16.7. The lowest BCUT2D eigenvalue weighted by atomic mass is 10.0. The number of hydrogen-bond acceptors (Lipinski definition) is 4. The molecule has 5 nitrogen and oxygen atoms in total. The van der Waals surface area contributed by atoms with E-state index in [0.717, 1.165) is 13.0 Å². The third-order valence-corrected chi connectivity index (χ3v) is 4.71. The maximum absolute atomic E-state index is 11.2. The van der Waals surface area contributed by atoms with Crippen molar-refractivity contribution in [1.29, 1.82) is 5.26 Å². The monoisotopic (exact) mass is 279 g/mol. The fourth-order valence-electron chi connectivity index (χ4n) is 2.06. The fourth-order valence-corrected chi connectivity index (χ4v) is 2.60. The second-order valence-electron chi connectivity index (χ2n) is 5.07. The van der Waals surface area contributed by atoms with E-state index < -0.39 is 10.0 Å². The topological polar surface area (TPSA) is 96.0 Å². The lowest BCUT2D eigenvalue weighted by Gasteiger charge is -2.15. The molecule has 0 atom stereocenters. The summed E-state index contributed by atoms with van der Waals surface area (Å²) >= 11 is 0. The zero-order valence-electron chi connectivity index (χ0n) is 10.8. The summed E-state index contributed by atoms with van der Waals surface area (Å²) in [5.41, 5.74) is 1.32. The minimum absolute atomic E-state index is 0.0359. The summed E-state index contributed by atoms with van der Waals surface area (Å²) in [6.07, 6.45) is 3.51. The predicted molar refractivity (Wildman–Crippen MR) is 73.0 cm³/mol. The molecule has 0 aliphatic heterocycles. The highest BCUT2D eigenvalue weighted by atomic mass is 32.2. The number of benzene rings is 1. The standard InChI is InChI=1S/C13H17N3O2S/c1-2-13(5-6-13)9-16-12-4-3-11(19(15,17)18)7-10(12)8-14/h3-4,7,16H,2,5-6,9H2,1H3,(H2,15,17,18). The summed E-state index contributed by atoms with van der Waals surface area (Å²) in [6.45, 7) is 2.97. The smallest absolute Gasteiger partial charge is 0.238 e. The Hall–Kier alpha value is -1.58. The molecule has 0 radical (unpaired) electrons. The van der Waals surface area contributed by atoms with Crippen LogP contribution >= 0.6 is 0 Å². The van der Waals surface area contributed by atoms with Gasteiger partial charge in [-0.05, 0) is 42.9 Å². The van der Waals surface area contributed by atoms with Gasteiger partial charge in [-0.15, -0.1) is 0 Å². The van der Waals surface area contributed by atoms with E-state index in [-0.39, 0.29) is 4.90 Å². The summed E-state index contributed by atoms with van der Waals surface area (Å²) in [7, 11) is -3.77. The first-order valence-electron chi connectivity index (χ1n) is 6.21. The van der Waals surface area contributed by atoms with Crippen LogP contribution in [0.25, 0.3) is 0 Å². The number of primary sulfonamides is 1. The highest BCUT2D eigenvalue weighted by molar-refractivity contribution is 7.89. The summed E-state index contributed by atoms with van der Waals surface area (Å²) in [6, 6.07) is 6.33. The molecule has 1 saturated carbocycles. The van der Waals surface area contributed by atoms with E-state index in [1.165, 1.54) is 25.0 Å². The van der Waals surface area contributed by atoms with E-state index in [0.29, 0.717) is 16.7 Å². The van der Waals surface area contributed by atoms with E-state index in [1.807, 2.05) is 6.07 Å². The van der Waals surface area contributed by atoms with Crippen molar-refractivity contribution in [2.75, 3.05) is 11.9 Å². The zero-order valence-corrected chi connectivity index (χ0v) is 11.6. The van der Waals surface area contributed by atoms with Gasteiger partial charge in [-0.1, -0.05) is 6.92 Å². The van der Waals surface area contributed by atoms with Crippen molar-refractivity contribution in [2.45, 2.75) is 31.1 Å². The third-order valence-electron chi connectivity index (χ3n) is 3.80. The Morgan fingerprint density at radius 1 is 1.47 bits per heavy atom. The van der Waals surface area contributed by atoms with E-state index in [9.17, 15) is 8.42 Å². The zero-order chi connectivity index (χ0) is 14.1. The van der Waals surface area contributed by atoms with E-state index in [1.54, 1.807) is 6.07 Å². The highest BCUT2D eigenvalue weighted by Crippen LogP contribution is 2.48. The number of nitrogens with zero attached hydrogens (tertiary/aromatic N) is 1. The van der Waals surface area contributed by atoms with Gasteiger partial charge in [-0.2, -0.15) is 5.26 Å². The van der Waals surface area contributed by atoms with Crippen LogP contribution in [0.2, 0.25) is 0 Å². The molecule has 1 aromatic carbocycles.